The second-order valence-corrected chi connectivity index (χ2v) is 3.40. The van der Waals surface area contributed by atoms with E-state index in [1.54, 1.807) is 30.3 Å². The number of benzene rings is 2. The van der Waals surface area contributed by atoms with E-state index in [-0.39, 0.29) is 5.75 Å². The average molecular weight is 200 g/mol. The van der Waals surface area contributed by atoms with Gasteiger partial charge in [0.15, 0.2) is 0 Å². The first-order chi connectivity index (χ1) is 7.16. The van der Waals surface area contributed by atoms with Crippen molar-refractivity contribution in [3.63, 3.8) is 0 Å². The van der Waals surface area contributed by atoms with Crippen molar-refractivity contribution in [2.75, 3.05) is 11.5 Å². The molecule has 0 amide bonds. The maximum Gasteiger partial charge on any atom is 0.123 e. The Morgan fingerprint density at radius 3 is 2.33 bits per heavy atom. The Balaban J connectivity index is 2.58. The third-order valence-corrected chi connectivity index (χ3v) is 2.22. The van der Waals surface area contributed by atoms with E-state index in [1.165, 1.54) is 0 Å². The molecule has 2 aromatic carbocycles. The number of rotatable bonds is 1. The van der Waals surface area contributed by atoms with Crippen LogP contribution in [0.4, 0.5) is 11.4 Å². The van der Waals surface area contributed by atoms with E-state index in [4.69, 9.17) is 11.5 Å². The molecule has 76 valence electrons. The van der Waals surface area contributed by atoms with Crippen LogP contribution in [-0.4, -0.2) is 5.11 Å². The number of nitrogen functional groups attached to an aromatic ring is 2. The summed E-state index contributed by atoms with van der Waals surface area (Å²) in [6, 6.07) is 12.3. The lowest BCUT2D eigenvalue weighted by Crippen LogP contribution is -1.88. The number of anilines is 2. The predicted molar refractivity (Wildman–Crippen MR) is 62.4 cm³/mol. The topological polar surface area (TPSA) is 72.3 Å². The van der Waals surface area contributed by atoms with Gasteiger partial charge in [-0.05, 0) is 35.9 Å². The predicted octanol–water partition coefficient (Wildman–Crippen LogP) is 2.22. The fourth-order valence-electron chi connectivity index (χ4n) is 1.49. The third kappa shape index (κ3) is 1.86. The highest BCUT2D eigenvalue weighted by Gasteiger charge is 2.04. The van der Waals surface area contributed by atoms with Gasteiger partial charge in [-0.2, -0.15) is 0 Å². The number of aromatic hydroxyl groups is 1. The number of phenols is 1. The number of nitrogens with two attached hydrogens (primary N) is 2. The van der Waals surface area contributed by atoms with Crippen LogP contribution < -0.4 is 11.5 Å². The Hall–Kier alpha value is -2.16. The Labute approximate surface area is 88.0 Å². The molecule has 0 radical (unpaired) electrons. The molecule has 0 heterocycles. The highest BCUT2D eigenvalue weighted by Crippen LogP contribution is 2.31. The molecule has 3 heteroatoms. The molecule has 0 fully saturated rings. The van der Waals surface area contributed by atoms with E-state index < -0.39 is 0 Å². The molecule has 5 N–H and O–H groups in total. The highest BCUT2D eigenvalue weighted by atomic mass is 16.3. The monoisotopic (exact) mass is 200 g/mol. The molecule has 0 saturated carbocycles. The van der Waals surface area contributed by atoms with Crippen molar-refractivity contribution >= 4 is 11.4 Å². The second-order valence-electron chi connectivity index (χ2n) is 3.40. The van der Waals surface area contributed by atoms with Crippen molar-refractivity contribution in [3.05, 3.63) is 42.5 Å². The van der Waals surface area contributed by atoms with Gasteiger partial charge >= 0.3 is 0 Å². The van der Waals surface area contributed by atoms with Gasteiger partial charge in [0.2, 0.25) is 0 Å². The van der Waals surface area contributed by atoms with E-state index >= 15 is 0 Å². The molecule has 0 aromatic heterocycles. The highest BCUT2D eigenvalue weighted by molar-refractivity contribution is 5.75. The summed E-state index contributed by atoms with van der Waals surface area (Å²) in [7, 11) is 0. The van der Waals surface area contributed by atoms with Crippen molar-refractivity contribution in [2.24, 2.45) is 0 Å². The van der Waals surface area contributed by atoms with E-state index in [2.05, 4.69) is 0 Å². The van der Waals surface area contributed by atoms with Crippen LogP contribution >= 0.6 is 0 Å². The molecule has 0 saturated heterocycles. The Morgan fingerprint density at radius 1 is 0.867 bits per heavy atom. The molecule has 0 unspecified atom stereocenters. The molecule has 0 atom stereocenters. The van der Waals surface area contributed by atoms with Crippen LogP contribution in [0.5, 0.6) is 5.75 Å². The lowest BCUT2D eigenvalue weighted by molar-refractivity contribution is 0.477. The molecule has 0 aliphatic rings. The fourth-order valence-corrected chi connectivity index (χ4v) is 1.49. The molecule has 2 aromatic rings. The second kappa shape index (κ2) is 3.53. The van der Waals surface area contributed by atoms with Gasteiger partial charge in [-0.3, -0.25) is 0 Å². The van der Waals surface area contributed by atoms with E-state index in [0.29, 0.717) is 16.9 Å². The Bertz CT molecular complexity index is 495. The zero-order valence-corrected chi connectivity index (χ0v) is 8.14. The summed E-state index contributed by atoms with van der Waals surface area (Å²) in [5, 5.41) is 9.68. The van der Waals surface area contributed by atoms with Crippen LogP contribution in [0.2, 0.25) is 0 Å². The fraction of sp³-hybridized carbons (Fsp3) is 0. The maximum atomic E-state index is 9.68. The van der Waals surface area contributed by atoms with Crippen LogP contribution in [0, 0.1) is 0 Å². The van der Waals surface area contributed by atoms with Crippen LogP contribution in [0.3, 0.4) is 0 Å². The van der Waals surface area contributed by atoms with Crippen molar-refractivity contribution < 1.29 is 5.11 Å². The van der Waals surface area contributed by atoms with Crippen LogP contribution in [-0.2, 0) is 0 Å². The Kier molecular flexibility index (Phi) is 2.21. The lowest BCUT2D eigenvalue weighted by Gasteiger charge is -2.06. The lowest BCUT2D eigenvalue weighted by atomic mass is 10.0. The summed E-state index contributed by atoms with van der Waals surface area (Å²) >= 11 is 0. The standard InChI is InChI=1S/C12H12N2O/c13-9-3-1-2-8(6-9)11-7-10(14)4-5-12(11)15/h1-7,15H,13-14H2. The molecule has 0 spiro atoms. The minimum absolute atomic E-state index is 0.204. The molecule has 3 nitrogen and oxygen atoms in total. The summed E-state index contributed by atoms with van der Waals surface area (Å²) in [5.74, 6) is 0.204. The van der Waals surface area contributed by atoms with Crippen LogP contribution in [0.1, 0.15) is 0 Å². The third-order valence-electron chi connectivity index (χ3n) is 2.22. The first kappa shape index (κ1) is 9.40. The van der Waals surface area contributed by atoms with Crippen LogP contribution in [0.25, 0.3) is 11.1 Å². The smallest absolute Gasteiger partial charge is 0.123 e. The minimum atomic E-state index is 0.204. The molecular formula is C12H12N2O. The molecule has 0 bridgehead atoms. The van der Waals surface area contributed by atoms with Crippen molar-refractivity contribution in [2.45, 2.75) is 0 Å². The summed E-state index contributed by atoms with van der Waals surface area (Å²) in [4.78, 5) is 0. The summed E-state index contributed by atoms with van der Waals surface area (Å²) < 4.78 is 0. The van der Waals surface area contributed by atoms with Gasteiger partial charge in [-0.25, -0.2) is 0 Å². The van der Waals surface area contributed by atoms with Gasteiger partial charge < -0.3 is 16.6 Å². The number of hydrogen-bond donors (Lipinski definition) is 3. The first-order valence-electron chi connectivity index (χ1n) is 4.61. The molecule has 0 aliphatic heterocycles. The maximum absolute atomic E-state index is 9.68. The van der Waals surface area contributed by atoms with Crippen LogP contribution in [0.15, 0.2) is 42.5 Å². The summed E-state index contributed by atoms with van der Waals surface area (Å²) in [6.07, 6.45) is 0. The molecular weight excluding hydrogens is 188 g/mol. The van der Waals surface area contributed by atoms with Crippen molar-refractivity contribution in [1.29, 1.82) is 0 Å². The molecule has 2 rings (SSSR count). The average Bonchev–Trinajstić information content (AvgIpc) is 2.22. The number of hydrogen-bond acceptors (Lipinski definition) is 3. The largest absolute Gasteiger partial charge is 0.507 e. The van der Waals surface area contributed by atoms with Gasteiger partial charge in [0.1, 0.15) is 5.75 Å². The summed E-state index contributed by atoms with van der Waals surface area (Å²) in [5.41, 5.74) is 14.2. The zero-order chi connectivity index (χ0) is 10.8. The van der Waals surface area contributed by atoms with Crippen molar-refractivity contribution in [1.82, 2.24) is 0 Å². The number of phenolic OH excluding ortho intramolecular Hbond substituents is 1. The quantitative estimate of drug-likeness (QED) is 0.488. The summed E-state index contributed by atoms with van der Waals surface area (Å²) in [6.45, 7) is 0. The minimum Gasteiger partial charge on any atom is -0.507 e. The normalized spacial score (nSPS) is 10.1. The molecule has 0 aliphatic carbocycles. The first-order valence-corrected chi connectivity index (χ1v) is 4.61. The van der Waals surface area contributed by atoms with E-state index in [1.807, 2.05) is 12.1 Å². The Morgan fingerprint density at radius 2 is 1.60 bits per heavy atom. The van der Waals surface area contributed by atoms with E-state index in [9.17, 15) is 5.11 Å². The van der Waals surface area contributed by atoms with Gasteiger partial charge in [-0.15, -0.1) is 0 Å². The zero-order valence-electron chi connectivity index (χ0n) is 8.14. The van der Waals surface area contributed by atoms with Gasteiger partial charge in [0, 0.05) is 16.9 Å². The molecule has 15 heavy (non-hydrogen) atoms. The van der Waals surface area contributed by atoms with Gasteiger partial charge in [0.05, 0.1) is 0 Å². The van der Waals surface area contributed by atoms with E-state index in [0.717, 1.165) is 5.56 Å². The SMILES string of the molecule is Nc1cccc(-c2cc(N)ccc2O)c1. The van der Waals surface area contributed by atoms with Crippen molar-refractivity contribution in [3.8, 4) is 16.9 Å². The van der Waals surface area contributed by atoms with Gasteiger partial charge in [-0.1, -0.05) is 12.1 Å². The van der Waals surface area contributed by atoms with Gasteiger partial charge in [0.25, 0.3) is 0 Å².